The average molecular weight is 241 g/mol. The van der Waals surface area contributed by atoms with Crippen LogP contribution in [-0.2, 0) is 11.3 Å². The molecule has 0 aliphatic heterocycles. The number of aromatic amines is 1. The average Bonchev–Trinajstić information content (AvgIpc) is 2.98. The smallest absolute Gasteiger partial charge is 0.304 e. The first-order valence-electron chi connectivity index (χ1n) is 5.38. The van der Waals surface area contributed by atoms with Crippen molar-refractivity contribution in [2.24, 2.45) is 5.92 Å². The molecule has 0 bridgehead atoms. The Labute approximate surface area is 97.3 Å². The van der Waals surface area contributed by atoms with Gasteiger partial charge >= 0.3 is 4.87 Å². The molecule has 88 valence electrons. The molecular formula is C10H15N3O2S. The number of amides is 1. The van der Waals surface area contributed by atoms with Crippen LogP contribution < -0.4 is 15.5 Å². The minimum absolute atomic E-state index is 0.0345. The van der Waals surface area contributed by atoms with Crippen LogP contribution in [0.2, 0.25) is 0 Å². The van der Waals surface area contributed by atoms with Gasteiger partial charge in [0, 0.05) is 11.1 Å². The summed E-state index contributed by atoms with van der Waals surface area (Å²) in [5.41, 5.74) is 0.755. The highest BCUT2D eigenvalue weighted by Gasteiger charge is 2.20. The first-order chi connectivity index (χ1) is 7.74. The van der Waals surface area contributed by atoms with Gasteiger partial charge in [0.25, 0.3) is 0 Å². The fourth-order valence-electron chi connectivity index (χ4n) is 1.37. The van der Waals surface area contributed by atoms with Gasteiger partial charge in [-0.05, 0) is 25.3 Å². The standard InChI is InChI=1S/C10H15N3O2S/c14-9(5-11-3-7-1-2-7)12-4-8-6-16-10(15)13-8/h6-7,11H,1-5H2,(H,12,14)(H,13,15). The highest BCUT2D eigenvalue weighted by molar-refractivity contribution is 7.07. The fourth-order valence-corrected chi connectivity index (χ4v) is 1.95. The second-order valence-corrected chi connectivity index (χ2v) is 4.87. The molecule has 0 atom stereocenters. The Bertz CT molecular complexity index is 408. The molecule has 0 aromatic carbocycles. The summed E-state index contributed by atoms with van der Waals surface area (Å²) in [5, 5.41) is 7.57. The third kappa shape index (κ3) is 3.79. The fraction of sp³-hybridized carbons (Fsp3) is 0.600. The lowest BCUT2D eigenvalue weighted by atomic mass is 10.4. The molecule has 1 fully saturated rings. The summed E-state index contributed by atoms with van der Waals surface area (Å²) in [7, 11) is 0. The minimum Gasteiger partial charge on any atom is -0.349 e. The number of carbonyl (C=O) groups is 1. The van der Waals surface area contributed by atoms with Crippen molar-refractivity contribution in [3.63, 3.8) is 0 Å². The maximum absolute atomic E-state index is 11.4. The Kier molecular flexibility index (Phi) is 3.74. The van der Waals surface area contributed by atoms with Crippen molar-refractivity contribution in [3.8, 4) is 0 Å². The van der Waals surface area contributed by atoms with Gasteiger partial charge in [0.15, 0.2) is 0 Å². The SMILES string of the molecule is O=C(CNCC1CC1)NCc1csc(=O)[nH]1. The third-order valence-corrected chi connectivity index (χ3v) is 3.18. The van der Waals surface area contributed by atoms with Crippen LogP contribution >= 0.6 is 11.3 Å². The van der Waals surface area contributed by atoms with Gasteiger partial charge in [0.05, 0.1) is 13.1 Å². The topological polar surface area (TPSA) is 74.0 Å². The van der Waals surface area contributed by atoms with Crippen LogP contribution in [-0.4, -0.2) is 24.0 Å². The Hall–Kier alpha value is -1.14. The van der Waals surface area contributed by atoms with E-state index in [1.165, 1.54) is 12.8 Å². The number of hydrogen-bond acceptors (Lipinski definition) is 4. The van der Waals surface area contributed by atoms with Crippen molar-refractivity contribution in [1.29, 1.82) is 0 Å². The van der Waals surface area contributed by atoms with E-state index in [1.54, 1.807) is 5.38 Å². The van der Waals surface area contributed by atoms with Gasteiger partial charge in [0.1, 0.15) is 0 Å². The van der Waals surface area contributed by atoms with Gasteiger partial charge in [0.2, 0.25) is 5.91 Å². The lowest BCUT2D eigenvalue weighted by Gasteiger charge is -2.04. The number of H-pyrrole nitrogens is 1. The number of aromatic nitrogens is 1. The highest BCUT2D eigenvalue weighted by atomic mass is 32.1. The normalized spacial score (nSPS) is 15.0. The lowest BCUT2D eigenvalue weighted by Crippen LogP contribution is -2.34. The van der Waals surface area contributed by atoms with E-state index in [2.05, 4.69) is 15.6 Å². The van der Waals surface area contributed by atoms with Gasteiger partial charge < -0.3 is 15.6 Å². The number of nitrogens with one attached hydrogen (secondary N) is 3. The van der Waals surface area contributed by atoms with Crippen molar-refractivity contribution in [3.05, 3.63) is 20.7 Å². The second-order valence-electron chi connectivity index (χ2n) is 4.02. The summed E-state index contributed by atoms with van der Waals surface area (Å²) in [5.74, 6) is 0.744. The molecule has 1 aliphatic rings. The monoisotopic (exact) mass is 241 g/mol. The summed E-state index contributed by atoms with van der Waals surface area (Å²) in [6.07, 6.45) is 2.56. The molecule has 1 saturated carbocycles. The van der Waals surface area contributed by atoms with E-state index in [1.807, 2.05) is 0 Å². The quantitative estimate of drug-likeness (QED) is 0.659. The van der Waals surface area contributed by atoms with E-state index < -0.39 is 0 Å². The predicted octanol–water partition coefficient (Wildman–Crippen LogP) is 0.0522. The largest absolute Gasteiger partial charge is 0.349 e. The predicted molar refractivity (Wildman–Crippen MR) is 62.4 cm³/mol. The van der Waals surface area contributed by atoms with Crippen LogP contribution in [0.4, 0.5) is 0 Å². The number of carbonyl (C=O) groups excluding carboxylic acids is 1. The molecule has 16 heavy (non-hydrogen) atoms. The molecular weight excluding hydrogens is 226 g/mol. The van der Waals surface area contributed by atoms with Gasteiger partial charge in [-0.2, -0.15) is 0 Å². The molecule has 1 aromatic rings. The summed E-state index contributed by atoms with van der Waals surface area (Å²) in [6.45, 7) is 1.68. The molecule has 1 heterocycles. The molecule has 0 saturated heterocycles. The zero-order valence-corrected chi connectivity index (χ0v) is 9.73. The Morgan fingerprint density at radius 1 is 1.56 bits per heavy atom. The van der Waals surface area contributed by atoms with Crippen molar-refractivity contribution in [1.82, 2.24) is 15.6 Å². The molecule has 3 N–H and O–H groups in total. The van der Waals surface area contributed by atoms with E-state index in [0.717, 1.165) is 29.5 Å². The third-order valence-electron chi connectivity index (χ3n) is 2.46. The molecule has 2 rings (SSSR count). The molecule has 0 spiro atoms. The van der Waals surface area contributed by atoms with Crippen LogP contribution in [0.3, 0.4) is 0 Å². The zero-order chi connectivity index (χ0) is 11.4. The molecule has 1 aliphatic carbocycles. The van der Waals surface area contributed by atoms with Crippen molar-refractivity contribution in [2.75, 3.05) is 13.1 Å². The summed E-state index contributed by atoms with van der Waals surface area (Å²) >= 11 is 1.11. The molecule has 1 amide bonds. The van der Waals surface area contributed by atoms with Crippen molar-refractivity contribution < 1.29 is 4.79 Å². The Morgan fingerprint density at radius 2 is 2.38 bits per heavy atom. The molecule has 6 heteroatoms. The van der Waals surface area contributed by atoms with Gasteiger partial charge in [-0.3, -0.25) is 9.59 Å². The van der Waals surface area contributed by atoms with E-state index in [-0.39, 0.29) is 10.8 Å². The first-order valence-corrected chi connectivity index (χ1v) is 6.26. The minimum atomic E-state index is -0.0869. The Morgan fingerprint density at radius 3 is 3.00 bits per heavy atom. The summed E-state index contributed by atoms with van der Waals surface area (Å²) < 4.78 is 0. The summed E-state index contributed by atoms with van der Waals surface area (Å²) in [4.78, 5) is 24.7. The van der Waals surface area contributed by atoms with E-state index in [4.69, 9.17) is 0 Å². The highest BCUT2D eigenvalue weighted by Crippen LogP contribution is 2.27. The molecule has 0 unspecified atom stereocenters. The van der Waals surface area contributed by atoms with E-state index in [0.29, 0.717) is 13.1 Å². The zero-order valence-electron chi connectivity index (χ0n) is 8.91. The van der Waals surface area contributed by atoms with Crippen LogP contribution in [0.25, 0.3) is 0 Å². The van der Waals surface area contributed by atoms with Gasteiger partial charge in [-0.15, -0.1) is 0 Å². The lowest BCUT2D eigenvalue weighted by molar-refractivity contribution is -0.120. The second kappa shape index (κ2) is 5.27. The van der Waals surface area contributed by atoms with Crippen LogP contribution in [0, 0.1) is 5.92 Å². The maximum Gasteiger partial charge on any atom is 0.304 e. The van der Waals surface area contributed by atoms with Crippen LogP contribution in [0.1, 0.15) is 18.5 Å². The summed E-state index contributed by atoms with van der Waals surface area (Å²) in [6, 6.07) is 0. The van der Waals surface area contributed by atoms with Crippen LogP contribution in [0.5, 0.6) is 0 Å². The number of thiazole rings is 1. The molecule has 5 nitrogen and oxygen atoms in total. The van der Waals surface area contributed by atoms with Crippen LogP contribution in [0.15, 0.2) is 10.2 Å². The van der Waals surface area contributed by atoms with E-state index >= 15 is 0 Å². The number of rotatable bonds is 6. The first kappa shape index (κ1) is 11.3. The Balaban J connectivity index is 1.61. The maximum atomic E-state index is 11.4. The van der Waals surface area contributed by atoms with Gasteiger partial charge in [-0.25, -0.2) is 0 Å². The molecule has 1 aromatic heterocycles. The molecule has 0 radical (unpaired) electrons. The number of hydrogen-bond donors (Lipinski definition) is 3. The van der Waals surface area contributed by atoms with Gasteiger partial charge in [-0.1, -0.05) is 11.3 Å². The van der Waals surface area contributed by atoms with E-state index in [9.17, 15) is 9.59 Å². The van der Waals surface area contributed by atoms with Crippen molar-refractivity contribution in [2.45, 2.75) is 19.4 Å². The van der Waals surface area contributed by atoms with Crippen molar-refractivity contribution >= 4 is 17.2 Å².